The molecule has 2 aromatic heterocycles. The van der Waals surface area contributed by atoms with Gasteiger partial charge >= 0.3 is 5.97 Å². The maximum Gasteiger partial charge on any atom is 0.338 e. The van der Waals surface area contributed by atoms with Gasteiger partial charge in [-0.2, -0.15) is 15.0 Å². The first-order valence-corrected chi connectivity index (χ1v) is 8.12. The van der Waals surface area contributed by atoms with E-state index in [1.807, 2.05) is 12.1 Å². The van der Waals surface area contributed by atoms with E-state index in [2.05, 4.69) is 25.3 Å². The van der Waals surface area contributed by atoms with Crippen LogP contribution in [0.15, 0.2) is 42.6 Å². The van der Waals surface area contributed by atoms with E-state index in [4.69, 9.17) is 26.8 Å². The molecule has 0 aliphatic heterocycles. The molecule has 0 bridgehead atoms. The van der Waals surface area contributed by atoms with Crippen LogP contribution in [0.2, 0.25) is 5.15 Å². The van der Waals surface area contributed by atoms with Crippen LogP contribution in [0.3, 0.4) is 0 Å². The Hall–Kier alpha value is -3.46. The summed E-state index contributed by atoms with van der Waals surface area (Å²) in [5, 5.41) is 3.19. The quantitative estimate of drug-likeness (QED) is 0.485. The molecule has 3 N–H and O–H groups in total. The molecule has 3 rings (SSSR count). The van der Waals surface area contributed by atoms with Gasteiger partial charge in [-0.3, -0.25) is 0 Å². The Morgan fingerprint density at radius 1 is 1.22 bits per heavy atom. The minimum absolute atomic E-state index is 0.0135. The van der Waals surface area contributed by atoms with E-state index in [1.54, 1.807) is 19.2 Å². The third-order valence-electron chi connectivity index (χ3n) is 3.35. The summed E-state index contributed by atoms with van der Waals surface area (Å²) in [5.74, 6) is 0.398. The Morgan fingerprint density at radius 3 is 2.81 bits per heavy atom. The van der Waals surface area contributed by atoms with Crippen molar-refractivity contribution in [2.75, 3.05) is 18.2 Å². The van der Waals surface area contributed by atoms with E-state index < -0.39 is 5.97 Å². The minimum atomic E-state index is -0.586. The van der Waals surface area contributed by atoms with Crippen LogP contribution in [-0.2, 0) is 11.3 Å². The molecule has 9 nitrogen and oxygen atoms in total. The molecular formula is C17H15ClN6O3. The highest BCUT2D eigenvalue weighted by atomic mass is 35.5. The number of hydrogen-bond donors (Lipinski definition) is 2. The van der Waals surface area contributed by atoms with Gasteiger partial charge in [0.15, 0.2) is 12.4 Å². The van der Waals surface area contributed by atoms with Crippen molar-refractivity contribution in [1.82, 2.24) is 19.9 Å². The van der Waals surface area contributed by atoms with E-state index in [-0.39, 0.29) is 35.0 Å². The van der Waals surface area contributed by atoms with E-state index in [1.165, 1.54) is 18.3 Å². The summed E-state index contributed by atoms with van der Waals surface area (Å²) in [4.78, 5) is 28.1. The molecule has 10 heteroatoms. The first-order chi connectivity index (χ1) is 13.0. The lowest BCUT2D eigenvalue weighted by Gasteiger charge is -2.11. The van der Waals surface area contributed by atoms with Gasteiger partial charge in [-0.15, -0.1) is 0 Å². The Kier molecular flexibility index (Phi) is 5.62. The highest BCUT2D eigenvalue weighted by Gasteiger charge is 2.12. The zero-order chi connectivity index (χ0) is 19.2. The predicted molar refractivity (Wildman–Crippen MR) is 98.9 cm³/mol. The van der Waals surface area contributed by atoms with Crippen molar-refractivity contribution in [3.05, 3.63) is 59.1 Å². The zero-order valence-electron chi connectivity index (χ0n) is 14.2. The normalized spacial score (nSPS) is 10.3. The maximum absolute atomic E-state index is 12.1. The predicted octanol–water partition coefficient (Wildman–Crippen LogP) is 2.61. The average Bonchev–Trinajstić information content (AvgIpc) is 2.66. The zero-order valence-corrected chi connectivity index (χ0v) is 15.0. The molecule has 0 radical (unpaired) electrons. The molecule has 0 aliphatic carbocycles. The molecule has 0 saturated heterocycles. The van der Waals surface area contributed by atoms with Crippen molar-refractivity contribution in [2.24, 2.45) is 0 Å². The van der Waals surface area contributed by atoms with E-state index in [0.717, 1.165) is 0 Å². The van der Waals surface area contributed by atoms with Gasteiger partial charge in [0.05, 0.1) is 18.4 Å². The largest absolute Gasteiger partial charge is 0.495 e. The lowest BCUT2D eigenvalue weighted by atomic mass is 10.3. The van der Waals surface area contributed by atoms with Crippen molar-refractivity contribution in [1.29, 1.82) is 0 Å². The van der Waals surface area contributed by atoms with Gasteiger partial charge < -0.3 is 20.5 Å². The Balaban J connectivity index is 1.72. The first-order valence-electron chi connectivity index (χ1n) is 7.74. The number of nitrogen functional groups attached to an aromatic ring is 1. The third kappa shape index (κ3) is 4.79. The van der Waals surface area contributed by atoms with Gasteiger partial charge in [-0.25, -0.2) is 9.78 Å². The second-order valence-corrected chi connectivity index (χ2v) is 5.59. The van der Waals surface area contributed by atoms with Gasteiger partial charge in [-0.1, -0.05) is 23.7 Å². The number of anilines is 3. The fraction of sp³-hybridized carbons (Fsp3) is 0.118. The molecule has 0 atom stereocenters. The second-order valence-electron chi connectivity index (χ2n) is 5.20. The third-order valence-corrected chi connectivity index (χ3v) is 3.55. The molecule has 27 heavy (non-hydrogen) atoms. The first kappa shape index (κ1) is 18.3. The maximum atomic E-state index is 12.1. The topological polar surface area (TPSA) is 125 Å². The molecule has 0 aliphatic rings. The number of nitrogens with one attached hydrogen (secondary N) is 1. The smallest absolute Gasteiger partial charge is 0.338 e. The fourth-order valence-electron chi connectivity index (χ4n) is 2.17. The molecule has 0 unspecified atom stereocenters. The lowest BCUT2D eigenvalue weighted by molar-refractivity contribution is 0.0462. The number of halogens is 1. The Labute approximate surface area is 159 Å². The summed E-state index contributed by atoms with van der Waals surface area (Å²) >= 11 is 5.76. The van der Waals surface area contributed by atoms with Crippen molar-refractivity contribution in [3.8, 4) is 5.75 Å². The number of pyridine rings is 1. The summed E-state index contributed by atoms with van der Waals surface area (Å²) in [7, 11) is 1.55. The SMILES string of the molecule is COc1ccccc1Nc1nc(N)nc(COC(=O)c2ccnc(Cl)c2)n1. The van der Waals surface area contributed by atoms with Crippen LogP contribution in [0.4, 0.5) is 17.6 Å². The van der Waals surface area contributed by atoms with Crippen LogP contribution in [0, 0.1) is 0 Å². The number of carbonyl (C=O) groups is 1. The van der Waals surface area contributed by atoms with Crippen LogP contribution in [0.5, 0.6) is 5.75 Å². The van der Waals surface area contributed by atoms with E-state index in [0.29, 0.717) is 11.4 Å². The molecule has 2 heterocycles. The Bertz CT molecular complexity index is 969. The summed E-state index contributed by atoms with van der Waals surface area (Å²) in [6, 6.07) is 10.1. The van der Waals surface area contributed by atoms with Crippen LogP contribution in [0.1, 0.15) is 16.2 Å². The molecular weight excluding hydrogens is 372 g/mol. The molecule has 1 aromatic carbocycles. The van der Waals surface area contributed by atoms with Crippen LogP contribution in [0.25, 0.3) is 0 Å². The van der Waals surface area contributed by atoms with Gasteiger partial charge in [0, 0.05) is 6.20 Å². The number of benzene rings is 1. The molecule has 0 fully saturated rings. The van der Waals surface area contributed by atoms with Crippen LogP contribution in [-0.4, -0.2) is 33.0 Å². The molecule has 0 amide bonds. The Morgan fingerprint density at radius 2 is 2.04 bits per heavy atom. The number of para-hydroxylation sites is 2. The fourth-order valence-corrected chi connectivity index (χ4v) is 2.34. The molecule has 3 aromatic rings. The number of nitrogens with zero attached hydrogens (tertiary/aromatic N) is 4. The number of aromatic nitrogens is 4. The van der Waals surface area contributed by atoms with Crippen molar-refractivity contribution < 1.29 is 14.3 Å². The molecule has 0 saturated carbocycles. The summed E-state index contributed by atoms with van der Waals surface area (Å²) < 4.78 is 10.5. The standard InChI is InChI=1S/C17H15ClN6O3/c1-26-12-5-3-2-4-11(12)21-17-23-14(22-16(19)24-17)9-27-15(25)10-6-7-20-13(18)8-10/h2-8H,9H2,1H3,(H3,19,21,22,23,24). The van der Waals surface area contributed by atoms with Gasteiger partial charge in [0.2, 0.25) is 11.9 Å². The number of esters is 1. The molecule has 0 spiro atoms. The minimum Gasteiger partial charge on any atom is -0.495 e. The van der Waals surface area contributed by atoms with E-state index >= 15 is 0 Å². The number of methoxy groups -OCH3 is 1. The highest BCUT2D eigenvalue weighted by molar-refractivity contribution is 6.29. The number of rotatable bonds is 6. The average molecular weight is 387 g/mol. The van der Waals surface area contributed by atoms with Crippen molar-refractivity contribution in [3.63, 3.8) is 0 Å². The monoisotopic (exact) mass is 386 g/mol. The number of ether oxygens (including phenoxy) is 2. The van der Waals surface area contributed by atoms with Gasteiger partial charge in [-0.05, 0) is 24.3 Å². The van der Waals surface area contributed by atoms with Gasteiger partial charge in [0.25, 0.3) is 0 Å². The second kappa shape index (κ2) is 8.28. The van der Waals surface area contributed by atoms with Crippen LogP contribution >= 0.6 is 11.6 Å². The van der Waals surface area contributed by atoms with Crippen molar-refractivity contribution >= 4 is 35.2 Å². The van der Waals surface area contributed by atoms with E-state index in [9.17, 15) is 4.79 Å². The lowest BCUT2D eigenvalue weighted by Crippen LogP contribution is -2.11. The molecule has 138 valence electrons. The summed E-state index contributed by atoms with van der Waals surface area (Å²) in [6.07, 6.45) is 1.41. The number of hydrogen-bond acceptors (Lipinski definition) is 9. The van der Waals surface area contributed by atoms with Crippen LogP contribution < -0.4 is 15.8 Å². The van der Waals surface area contributed by atoms with Gasteiger partial charge in [0.1, 0.15) is 10.9 Å². The highest BCUT2D eigenvalue weighted by Crippen LogP contribution is 2.25. The summed E-state index contributed by atoms with van der Waals surface area (Å²) in [6.45, 7) is -0.188. The number of carbonyl (C=O) groups excluding carboxylic acids is 1. The van der Waals surface area contributed by atoms with Crippen molar-refractivity contribution in [2.45, 2.75) is 6.61 Å². The summed E-state index contributed by atoms with van der Waals surface area (Å²) in [5.41, 5.74) is 6.64. The number of nitrogens with two attached hydrogens (primary N) is 1.